The summed E-state index contributed by atoms with van der Waals surface area (Å²) >= 11 is 3.09. The van der Waals surface area contributed by atoms with Crippen LogP contribution >= 0.6 is 15.9 Å². The molecule has 0 amide bonds. The molecule has 0 spiro atoms. The predicted molar refractivity (Wildman–Crippen MR) is 73.4 cm³/mol. The van der Waals surface area contributed by atoms with Crippen molar-refractivity contribution in [2.75, 3.05) is 27.3 Å². The van der Waals surface area contributed by atoms with Crippen LogP contribution in [0.25, 0.3) is 0 Å². The second-order valence-corrected chi connectivity index (χ2v) is 4.90. The van der Waals surface area contributed by atoms with Crippen molar-refractivity contribution in [3.05, 3.63) is 34.1 Å². The molecule has 1 aromatic rings. The summed E-state index contributed by atoms with van der Waals surface area (Å²) in [5, 5.41) is 0. The number of carbonyl (C=O) groups is 2. The van der Waals surface area contributed by atoms with Crippen LogP contribution in [-0.4, -0.2) is 44.1 Å². The summed E-state index contributed by atoms with van der Waals surface area (Å²) in [4.78, 5) is 24.2. The van der Waals surface area contributed by atoms with Gasteiger partial charge in [-0.25, -0.2) is 4.39 Å². The van der Waals surface area contributed by atoms with E-state index in [2.05, 4.69) is 25.4 Å². The Labute approximate surface area is 124 Å². The molecule has 0 atom stereocenters. The van der Waals surface area contributed by atoms with Crippen LogP contribution in [-0.2, 0) is 25.6 Å². The minimum absolute atomic E-state index is 0.0550. The topological polar surface area (TPSA) is 55.8 Å². The van der Waals surface area contributed by atoms with Gasteiger partial charge in [-0.2, -0.15) is 0 Å². The van der Waals surface area contributed by atoms with Gasteiger partial charge in [0.15, 0.2) is 0 Å². The lowest BCUT2D eigenvalue weighted by molar-refractivity contribution is -0.145. The average Bonchev–Trinajstić information content (AvgIpc) is 2.42. The van der Waals surface area contributed by atoms with Gasteiger partial charge in [-0.1, -0.05) is 6.07 Å². The molecule has 20 heavy (non-hydrogen) atoms. The number of rotatable bonds is 6. The number of halogens is 2. The van der Waals surface area contributed by atoms with Crippen LogP contribution < -0.4 is 0 Å². The number of nitrogens with zero attached hydrogens (tertiary/aromatic N) is 1. The molecular formula is C13H15BrFNO4. The second-order valence-electron chi connectivity index (χ2n) is 4.05. The fourth-order valence-electron chi connectivity index (χ4n) is 1.56. The Bertz CT molecular complexity index is 477. The van der Waals surface area contributed by atoms with Crippen molar-refractivity contribution in [1.29, 1.82) is 0 Å². The number of esters is 2. The molecule has 110 valence electrons. The Kier molecular flexibility index (Phi) is 6.60. The molecule has 1 rings (SSSR count). The molecule has 0 N–H and O–H groups in total. The summed E-state index contributed by atoms with van der Waals surface area (Å²) in [6.45, 7) is 0.185. The fraction of sp³-hybridized carbons (Fsp3) is 0.385. The molecule has 0 radical (unpaired) electrons. The first-order valence-corrected chi connectivity index (χ1v) is 6.55. The summed E-state index contributed by atoms with van der Waals surface area (Å²) < 4.78 is 22.6. The maximum atomic E-state index is 13.2. The van der Waals surface area contributed by atoms with Crippen molar-refractivity contribution in [1.82, 2.24) is 4.90 Å². The minimum Gasteiger partial charge on any atom is -0.468 e. The zero-order valence-electron chi connectivity index (χ0n) is 11.2. The van der Waals surface area contributed by atoms with Crippen LogP contribution in [0.3, 0.4) is 0 Å². The molecule has 0 unspecified atom stereocenters. The highest BCUT2D eigenvalue weighted by molar-refractivity contribution is 9.10. The highest BCUT2D eigenvalue weighted by Gasteiger charge is 2.16. The predicted octanol–water partition coefficient (Wildman–Crippen LogP) is 1.74. The highest BCUT2D eigenvalue weighted by Crippen LogP contribution is 2.18. The van der Waals surface area contributed by atoms with Crippen molar-refractivity contribution in [3.63, 3.8) is 0 Å². The van der Waals surface area contributed by atoms with Gasteiger partial charge in [0.2, 0.25) is 0 Å². The van der Waals surface area contributed by atoms with E-state index in [1.54, 1.807) is 17.0 Å². The monoisotopic (exact) mass is 347 g/mol. The first-order chi connectivity index (χ1) is 9.46. The van der Waals surface area contributed by atoms with Gasteiger partial charge >= 0.3 is 11.9 Å². The lowest BCUT2D eigenvalue weighted by atomic mass is 10.2. The third-order valence-electron chi connectivity index (χ3n) is 2.55. The van der Waals surface area contributed by atoms with E-state index in [0.29, 0.717) is 11.0 Å². The van der Waals surface area contributed by atoms with Gasteiger partial charge in [0.05, 0.1) is 31.8 Å². The van der Waals surface area contributed by atoms with Gasteiger partial charge in [0.25, 0.3) is 0 Å². The molecule has 0 aliphatic rings. The normalized spacial score (nSPS) is 10.4. The van der Waals surface area contributed by atoms with Gasteiger partial charge in [-0.15, -0.1) is 0 Å². The Morgan fingerprint density at radius 1 is 1.20 bits per heavy atom. The van der Waals surface area contributed by atoms with Crippen molar-refractivity contribution in [3.8, 4) is 0 Å². The van der Waals surface area contributed by atoms with Crippen LogP contribution in [0.4, 0.5) is 4.39 Å². The van der Waals surface area contributed by atoms with Gasteiger partial charge in [-0.05, 0) is 33.6 Å². The number of methoxy groups -OCH3 is 2. The molecule has 0 heterocycles. The summed E-state index contributed by atoms with van der Waals surface area (Å²) in [7, 11) is 2.54. The van der Waals surface area contributed by atoms with Crippen molar-refractivity contribution in [2.24, 2.45) is 0 Å². The molecule has 1 aromatic carbocycles. The smallest absolute Gasteiger partial charge is 0.319 e. The van der Waals surface area contributed by atoms with Gasteiger partial charge in [-0.3, -0.25) is 14.5 Å². The lowest BCUT2D eigenvalue weighted by Crippen LogP contribution is -2.35. The Morgan fingerprint density at radius 2 is 1.75 bits per heavy atom. The van der Waals surface area contributed by atoms with Crippen molar-refractivity contribution in [2.45, 2.75) is 6.54 Å². The van der Waals surface area contributed by atoms with Crippen LogP contribution in [0.2, 0.25) is 0 Å². The maximum Gasteiger partial charge on any atom is 0.319 e. The second kappa shape index (κ2) is 7.96. The summed E-state index contributed by atoms with van der Waals surface area (Å²) in [6.07, 6.45) is 0. The molecule has 0 fully saturated rings. The van der Waals surface area contributed by atoms with Gasteiger partial charge < -0.3 is 9.47 Å². The molecule has 0 aliphatic carbocycles. The van der Waals surface area contributed by atoms with E-state index < -0.39 is 11.9 Å². The SMILES string of the molecule is COC(=O)CN(CC(=O)OC)Cc1ccc(F)c(Br)c1. The van der Waals surface area contributed by atoms with Gasteiger partial charge in [0.1, 0.15) is 5.82 Å². The fourth-order valence-corrected chi connectivity index (χ4v) is 1.98. The van der Waals surface area contributed by atoms with Crippen molar-refractivity contribution >= 4 is 27.9 Å². The van der Waals surface area contributed by atoms with E-state index in [4.69, 9.17) is 0 Å². The Balaban J connectivity index is 2.78. The number of hydrogen-bond donors (Lipinski definition) is 0. The van der Waals surface area contributed by atoms with E-state index in [9.17, 15) is 14.0 Å². The maximum absolute atomic E-state index is 13.2. The number of benzene rings is 1. The third kappa shape index (κ3) is 5.26. The lowest BCUT2D eigenvalue weighted by Gasteiger charge is -2.19. The van der Waals surface area contributed by atoms with E-state index >= 15 is 0 Å². The number of carbonyl (C=O) groups excluding carboxylic acids is 2. The number of ether oxygens (including phenoxy) is 2. The molecule has 5 nitrogen and oxygen atoms in total. The summed E-state index contributed by atoms with van der Waals surface area (Å²) in [5.41, 5.74) is 0.756. The highest BCUT2D eigenvalue weighted by atomic mass is 79.9. The van der Waals surface area contributed by atoms with Crippen LogP contribution in [0.15, 0.2) is 22.7 Å². The van der Waals surface area contributed by atoms with Crippen LogP contribution in [0.1, 0.15) is 5.56 Å². The number of hydrogen-bond acceptors (Lipinski definition) is 5. The minimum atomic E-state index is -0.463. The molecule has 0 aliphatic heterocycles. The van der Waals surface area contributed by atoms with Crippen LogP contribution in [0, 0.1) is 5.82 Å². The van der Waals surface area contributed by atoms with E-state index in [-0.39, 0.29) is 18.9 Å². The standard InChI is InChI=1S/C13H15BrFNO4/c1-19-12(17)7-16(8-13(18)20-2)6-9-3-4-11(15)10(14)5-9/h3-5H,6-8H2,1-2H3. The molecule has 7 heteroatoms. The molecule has 0 saturated heterocycles. The summed E-state index contributed by atoms with van der Waals surface area (Å²) in [6, 6.07) is 4.49. The van der Waals surface area contributed by atoms with Crippen LogP contribution in [0.5, 0.6) is 0 Å². The molecule has 0 saturated carbocycles. The molecular weight excluding hydrogens is 333 g/mol. The average molecular weight is 348 g/mol. The van der Waals surface area contributed by atoms with E-state index in [0.717, 1.165) is 5.56 Å². The Morgan fingerprint density at radius 3 is 2.20 bits per heavy atom. The first-order valence-electron chi connectivity index (χ1n) is 5.76. The van der Waals surface area contributed by atoms with Crippen molar-refractivity contribution < 1.29 is 23.5 Å². The Hall–Kier alpha value is -1.47. The largest absolute Gasteiger partial charge is 0.468 e. The molecule has 0 aromatic heterocycles. The zero-order valence-corrected chi connectivity index (χ0v) is 12.8. The van der Waals surface area contributed by atoms with Gasteiger partial charge in [0, 0.05) is 6.54 Å². The molecule has 0 bridgehead atoms. The quantitative estimate of drug-likeness (QED) is 0.733. The van der Waals surface area contributed by atoms with E-state index in [1.807, 2.05) is 0 Å². The first kappa shape index (κ1) is 16.6. The zero-order chi connectivity index (χ0) is 15.1. The third-order valence-corrected chi connectivity index (χ3v) is 3.16. The summed E-state index contributed by atoms with van der Waals surface area (Å²) in [5.74, 6) is -1.30. The van der Waals surface area contributed by atoms with E-state index in [1.165, 1.54) is 20.3 Å².